The molecule has 1 heterocycles. The van der Waals surface area contributed by atoms with E-state index in [-0.39, 0.29) is 5.78 Å². The number of carbonyl (C=O) groups is 1. The standard InChI is InChI=1S/C19H18O4/c1-13-5-3-4-6-15(13)16(20)8-7-14-11-17(21-2)19-18(12-14)22-9-10-23-19/h3-8,11-12H,9-10H2,1-2H3/b8-7+. The summed E-state index contributed by atoms with van der Waals surface area (Å²) in [5.41, 5.74) is 2.49. The zero-order chi connectivity index (χ0) is 16.2. The van der Waals surface area contributed by atoms with Crippen molar-refractivity contribution < 1.29 is 19.0 Å². The Bertz CT molecular complexity index is 745. The van der Waals surface area contributed by atoms with Gasteiger partial charge in [0.1, 0.15) is 13.2 Å². The summed E-state index contributed by atoms with van der Waals surface area (Å²) in [6.45, 7) is 2.93. The third-order valence-corrected chi connectivity index (χ3v) is 3.69. The van der Waals surface area contributed by atoms with Crippen LogP contribution < -0.4 is 14.2 Å². The molecule has 0 spiro atoms. The van der Waals surface area contributed by atoms with Gasteiger partial charge in [-0.3, -0.25) is 4.79 Å². The van der Waals surface area contributed by atoms with Crippen LogP contribution in [0, 0.1) is 6.92 Å². The van der Waals surface area contributed by atoms with Crippen molar-refractivity contribution in [1.82, 2.24) is 0 Å². The number of benzene rings is 2. The number of rotatable bonds is 4. The van der Waals surface area contributed by atoms with Crippen molar-refractivity contribution in [2.45, 2.75) is 6.92 Å². The van der Waals surface area contributed by atoms with Crippen LogP contribution in [0.5, 0.6) is 17.2 Å². The number of hydrogen-bond donors (Lipinski definition) is 0. The molecule has 0 atom stereocenters. The zero-order valence-electron chi connectivity index (χ0n) is 13.2. The maximum Gasteiger partial charge on any atom is 0.203 e. The largest absolute Gasteiger partial charge is 0.493 e. The highest BCUT2D eigenvalue weighted by atomic mass is 16.6. The molecule has 2 aromatic rings. The predicted octanol–water partition coefficient (Wildman–Crippen LogP) is 3.67. The second-order valence-corrected chi connectivity index (χ2v) is 5.26. The van der Waals surface area contributed by atoms with E-state index in [4.69, 9.17) is 14.2 Å². The molecule has 0 fully saturated rings. The number of fused-ring (bicyclic) bond motifs is 1. The van der Waals surface area contributed by atoms with Gasteiger partial charge < -0.3 is 14.2 Å². The van der Waals surface area contributed by atoms with E-state index in [0.29, 0.717) is 36.0 Å². The van der Waals surface area contributed by atoms with Crippen LogP contribution in [0.25, 0.3) is 6.08 Å². The van der Waals surface area contributed by atoms with Gasteiger partial charge in [-0.05, 0) is 36.3 Å². The third-order valence-electron chi connectivity index (χ3n) is 3.69. The van der Waals surface area contributed by atoms with Gasteiger partial charge in [-0.1, -0.05) is 30.3 Å². The second kappa shape index (κ2) is 6.57. The monoisotopic (exact) mass is 310 g/mol. The highest BCUT2D eigenvalue weighted by Gasteiger charge is 2.17. The molecule has 0 amide bonds. The lowest BCUT2D eigenvalue weighted by Gasteiger charge is -2.20. The normalized spacial score (nSPS) is 13.1. The van der Waals surface area contributed by atoms with Crippen molar-refractivity contribution in [2.75, 3.05) is 20.3 Å². The Morgan fingerprint density at radius 1 is 1.17 bits per heavy atom. The Hall–Kier alpha value is -2.75. The average Bonchev–Trinajstić information content (AvgIpc) is 2.59. The Morgan fingerprint density at radius 2 is 1.96 bits per heavy atom. The molecule has 3 rings (SSSR count). The van der Waals surface area contributed by atoms with Gasteiger partial charge in [-0.25, -0.2) is 0 Å². The van der Waals surface area contributed by atoms with Crippen LogP contribution in [0.3, 0.4) is 0 Å². The third kappa shape index (κ3) is 3.21. The molecule has 0 radical (unpaired) electrons. The van der Waals surface area contributed by atoms with Crippen LogP contribution in [0.2, 0.25) is 0 Å². The Kier molecular flexibility index (Phi) is 4.33. The zero-order valence-corrected chi connectivity index (χ0v) is 13.2. The number of allylic oxidation sites excluding steroid dienone is 1. The van der Waals surface area contributed by atoms with Crippen LogP contribution in [-0.2, 0) is 0 Å². The van der Waals surface area contributed by atoms with E-state index in [9.17, 15) is 4.79 Å². The first-order valence-corrected chi connectivity index (χ1v) is 7.44. The van der Waals surface area contributed by atoms with Crippen molar-refractivity contribution in [2.24, 2.45) is 0 Å². The topological polar surface area (TPSA) is 44.8 Å². The fourth-order valence-corrected chi connectivity index (χ4v) is 2.50. The van der Waals surface area contributed by atoms with Crippen LogP contribution in [0.15, 0.2) is 42.5 Å². The first-order valence-electron chi connectivity index (χ1n) is 7.44. The SMILES string of the molecule is COc1cc(/C=C/C(=O)c2ccccc2C)cc2c1OCCO2. The van der Waals surface area contributed by atoms with E-state index >= 15 is 0 Å². The van der Waals surface area contributed by atoms with Crippen LogP contribution in [-0.4, -0.2) is 26.1 Å². The number of methoxy groups -OCH3 is 1. The lowest BCUT2D eigenvalue weighted by Crippen LogP contribution is -2.16. The minimum atomic E-state index is -0.0306. The Balaban J connectivity index is 1.88. The summed E-state index contributed by atoms with van der Waals surface area (Å²) in [4.78, 5) is 12.3. The molecule has 1 aliphatic heterocycles. The van der Waals surface area contributed by atoms with Gasteiger partial charge in [0, 0.05) is 5.56 Å². The molecule has 0 saturated carbocycles. The van der Waals surface area contributed by atoms with E-state index < -0.39 is 0 Å². The Morgan fingerprint density at radius 3 is 2.74 bits per heavy atom. The molecule has 1 aliphatic rings. The molecule has 0 aliphatic carbocycles. The molecule has 0 aromatic heterocycles. The van der Waals surface area contributed by atoms with Crippen molar-refractivity contribution in [1.29, 1.82) is 0 Å². The van der Waals surface area contributed by atoms with E-state index in [1.165, 1.54) is 0 Å². The lowest BCUT2D eigenvalue weighted by molar-refractivity contribution is 0.104. The van der Waals surface area contributed by atoms with Crippen molar-refractivity contribution in [3.05, 3.63) is 59.2 Å². The molecule has 0 N–H and O–H groups in total. The first kappa shape index (κ1) is 15.2. The van der Waals surface area contributed by atoms with Crippen LogP contribution in [0.1, 0.15) is 21.5 Å². The number of ether oxygens (including phenoxy) is 3. The molecule has 4 heteroatoms. The van der Waals surface area contributed by atoms with Crippen LogP contribution in [0.4, 0.5) is 0 Å². The van der Waals surface area contributed by atoms with E-state index in [0.717, 1.165) is 11.1 Å². The average molecular weight is 310 g/mol. The fourth-order valence-electron chi connectivity index (χ4n) is 2.50. The summed E-state index contributed by atoms with van der Waals surface area (Å²) in [5, 5.41) is 0. The second-order valence-electron chi connectivity index (χ2n) is 5.26. The first-order chi connectivity index (χ1) is 11.2. The molecule has 2 aromatic carbocycles. The summed E-state index contributed by atoms with van der Waals surface area (Å²) in [7, 11) is 1.58. The Labute approximate surface area is 135 Å². The lowest BCUT2D eigenvalue weighted by atomic mass is 10.0. The summed E-state index contributed by atoms with van der Waals surface area (Å²) in [6.07, 6.45) is 3.32. The van der Waals surface area contributed by atoms with E-state index in [2.05, 4.69) is 0 Å². The molecule has 0 bridgehead atoms. The van der Waals surface area contributed by atoms with Gasteiger partial charge >= 0.3 is 0 Å². The van der Waals surface area contributed by atoms with E-state index in [1.807, 2.05) is 43.3 Å². The van der Waals surface area contributed by atoms with Crippen molar-refractivity contribution in [3.63, 3.8) is 0 Å². The van der Waals surface area contributed by atoms with Crippen molar-refractivity contribution >= 4 is 11.9 Å². The van der Waals surface area contributed by atoms with Gasteiger partial charge in [-0.15, -0.1) is 0 Å². The molecule has 0 saturated heterocycles. The fraction of sp³-hybridized carbons (Fsp3) is 0.211. The van der Waals surface area contributed by atoms with Gasteiger partial charge in [0.05, 0.1) is 7.11 Å². The minimum Gasteiger partial charge on any atom is -0.493 e. The highest BCUT2D eigenvalue weighted by Crippen LogP contribution is 2.40. The van der Waals surface area contributed by atoms with Gasteiger partial charge in [0.25, 0.3) is 0 Å². The molecule has 4 nitrogen and oxygen atoms in total. The minimum absolute atomic E-state index is 0.0306. The molecular weight excluding hydrogens is 292 g/mol. The molecule has 118 valence electrons. The maximum absolute atomic E-state index is 12.3. The number of hydrogen-bond acceptors (Lipinski definition) is 4. The smallest absolute Gasteiger partial charge is 0.203 e. The van der Waals surface area contributed by atoms with Gasteiger partial charge in [0.2, 0.25) is 5.75 Å². The van der Waals surface area contributed by atoms with Gasteiger partial charge in [0.15, 0.2) is 17.3 Å². The van der Waals surface area contributed by atoms with Crippen LogP contribution >= 0.6 is 0 Å². The summed E-state index contributed by atoms with van der Waals surface area (Å²) in [6, 6.07) is 11.2. The number of carbonyl (C=O) groups excluding carboxylic acids is 1. The summed E-state index contributed by atoms with van der Waals surface area (Å²) < 4.78 is 16.5. The molecular formula is C19H18O4. The van der Waals surface area contributed by atoms with Crippen molar-refractivity contribution in [3.8, 4) is 17.2 Å². The molecule has 23 heavy (non-hydrogen) atoms. The summed E-state index contributed by atoms with van der Waals surface area (Å²) >= 11 is 0. The van der Waals surface area contributed by atoms with Gasteiger partial charge in [-0.2, -0.15) is 0 Å². The highest BCUT2D eigenvalue weighted by molar-refractivity contribution is 6.07. The quantitative estimate of drug-likeness (QED) is 0.638. The summed E-state index contributed by atoms with van der Waals surface area (Å²) in [5.74, 6) is 1.82. The molecule has 0 unspecified atom stereocenters. The number of ketones is 1. The maximum atomic E-state index is 12.3. The predicted molar refractivity (Wildman–Crippen MR) is 88.5 cm³/mol. The van der Waals surface area contributed by atoms with E-state index in [1.54, 1.807) is 19.3 Å². The number of aryl methyl sites for hydroxylation is 1.